The van der Waals surface area contributed by atoms with Crippen molar-refractivity contribution in [3.63, 3.8) is 0 Å². The second-order valence-electron chi connectivity index (χ2n) is 10.2. The molecular weight excluding hydrogens is 492 g/mol. The zero-order valence-electron chi connectivity index (χ0n) is 22.1. The van der Waals surface area contributed by atoms with Crippen molar-refractivity contribution in [3.05, 3.63) is 53.9 Å². The summed E-state index contributed by atoms with van der Waals surface area (Å²) in [6, 6.07) is 13.4. The summed E-state index contributed by atoms with van der Waals surface area (Å²) in [6.45, 7) is 6.01. The van der Waals surface area contributed by atoms with E-state index in [2.05, 4.69) is 22.0 Å². The predicted molar refractivity (Wildman–Crippen MR) is 144 cm³/mol. The summed E-state index contributed by atoms with van der Waals surface area (Å²) in [6.07, 6.45) is 2.82. The summed E-state index contributed by atoms with van der Waals surface area (Å²) in [7, 11) is -0.413. The SMILES string of the molecule is COCCN(CC1CC1C)c1cc(-c2nnc([C@](C)(N)Cc3ccccc3)o2)cc(N(C)S(C)(=O)=O)n1. The minimum Gasteiger partial charge on any atom is -0.419 e. The highest BCUT2D eigenvalue weighted by Crippen LogP contribution is 2.39. The number of aromatic nitrogens is 3. The summed E-state index contributed by atoms with van der Waals surface area (Å²) in [5.41, 5.74) is 7.32. The lowest BCUT2D eigenvalue weighted by atomic mass is 9.94. The van der Waals surface area contributed by atoms with Gasteiger partial charge in [-0.15, -0.1) is 10.2 Å². The highest BCUT2D eigenvalue weighted by molar-refractivity contribution is 7.92. The molecule has 10 nitrogen and oxygen atoms in total. The number of nitrogens with two attached hydrogens (primary N) is 1. The van der Waals surface area contributed by atoms with Gasteiger partial charge in [-0.05, 0) is 49.3 Å². The fraction of sp³-hybridized carbons (Fsp3) is 0.500. The van der Waals surface area contributed by atoms with Crippen LogP contribution in [0.4, 0.5) is 11.6 Å². The van der Waals surface area contributed by atoms with E-state index in [1.165, 1.54) is 7.05 Å². The lowest BCUT2D eigenvalue weighted by Gasteiger charge is -2.26. The third kappa shape index (κ3) is 6.65. The molecular formula is C26H36N6O4S. The van der Waals surface area contributed by atoms with Crippen LogP contribution in [0.5, 0.6) is 0 Å². The number of ether oxygens (including phenoxy) is 1. The minimum atomic E-state index is -3.55. The number of methoxy groups -OCH3 is 1. The van der Waals surface area contributed by atoms with E-state index in [1.54, 1.807) is 13.2 Å². The lowest BCUT2D eigenvalue weighted by Crippen LogP contribution is -2.35. The molecule has 1 fully saturated rings. The average Bonchev–Trinajstić information content (AvgIpc) is 3.31. The summed E-state index contributed by atoms with van der Waals surface area (Å²) < 4.78 is 37.3. The molecule has 0 radical (unpaired) electrons. The maximum atomic E-state index is 12.4. The van der Waals surface area contributed by atoms with Crippen molar-refractivity contribution in [1.29, 1.82) is 0 Å². The first-order chi connectivity index (χ1) is 17.5. The Hall–Kier alpha value is -3.02. The normalized spacial score (nSPS) is 18.9. The van der Waals surface area contributed by atoms with Gasteiger partial charge in [-0.25, -0.2) is 13.4 Å². The number of anilines is 2. The Kier molecular flexibility index (Phi) is 7.86. The molecule has 0 aliphatic heterocycles. The molecule has 1 saturated carbocycles. The van der Waals surface area contributed by atoms with Gasteiger partial charge in [-0.2, -0.15) is 0 Å². The number of nitrogens with zero attached hydrogens (tertiary/aromatic N) is 5. The third-order valence-corrected chi connectivity index (χ3v) is 8.00. The maximum absolute atomic E-state index is 12.4. The molecule has 3 atom stereocenters. The van der Waals surface area contributed by atoms with E-state index >= 15 is 0 Å². The van der Waals surface area contributed by atoms with Gasteiger partial charge in [0.25, 0.3) is 0 Å². The second-order valence-corrected chi connectivity index (χ2v) is 12.2. The number of pyridine rings is 1. The van der Waals surface area contributed by atoms with Crippen LogP contribution in [0.15, 0.2) is 46.9 Å². The molecule has 11 heteroatoms. The standard InChI is InChI=1S/C26H36N6O4S/c1-18-13-21(18)17-32(11-12-35-4)23-15-20(14-22(28-23)31(3)37(5,33)34)24-29-30-25(36-24)26(2,27)16-19-9-7-6-8-10-19/h6-10,14-15,18,21H,11-13,16-17,27H2,1-5H3/t18?,21?,26-/m1/s1. The van der Waals surface area contributed by atoms with E-state index < -0.39 is 15.6 Å². The first kappa shape index (κ1) is 27.0. The molecule has 2 heterocycles. The van der Waals surface area contributed by atoms with Crippen LogP contribution >= 0.6 is 0 Å². The molecule has 2 N–H and O–H groups in total. The molecule has 37 heavy (non-hydrogen) atoms. The second kappa shape index (κ2) is 10.8. The van der Waals surface area contributed by atoms with E-state index in [9.17, 15) is 8.42 Å². The van der Waals surface area contributed by atoms with Crippen LogP contribution < -0.4 is 14.9 Å². The van der Waals surface area contributed by atoms with Crippen LogP contribution in [-0.4, -0.2) is 63.7 Å². The summed E-state index contributed by atoms with van der Waals surface area (Å²) in [5, 5.41) is 8.52. The summed E-state index contributed by atoms with van der Waals surface area (Å²) in [5.74, 6) is 2.64. The molecule has 4 rings (SSSR count). The Morgan fingerprint density at radius 1 is 1.19 bits per heavy atom. The number of benzene rings is 1. The van der Waals surface area contributed by atoms with E-state index in [0.717, 1.165) is 29.1 Å². The number of hydrogen-bond donors (Lipinski definition) is 1. The molecule has 1 aliphatic carbocycles. The topological polar surface area (TPSA) is 128 Å². The van der Waals surface area contributed by atoms with Gasteiger partial charge in [0.15, 0.2) is 0 Å². The Morgan fingerprint density at radius 3 is 2.49 bits per heavy atom. The number of sulfonamides is 1. The van der Waals surface area contributed by atoms with Crippen LogP contribution in [0.2, 0.25) is 0 Å². The minimum absolute atomic E-state index is 0.248. The van der Waals surface area contributed by atoms with Crippen LogP contribution in [-0.2, 0) is 26.7 Å². The van der Waals surface area contributed by atoms with Gasteiger partial charge < -0.3 is 19.8 Å². The van der Waals surface area contributed by atoms with Crippen LogP contribution in [0.1, 0.15) is 31.7 Å². The average molecular weight is 529 g/mol. The Morgan fingerprint density at radius 2 is 1.86 bits per heavy atom. The number of hydrogen-bond acceptors (Lipinski definition) is 9. The van der Waals surface area contributed by atoms with Gasteiger partial charge in [0, 0.05) is 32.8 Å². The molecule has 2 unspecified atom stereocenters. The zero-order chi connectivity index (χ0) is 26.8. The quantitative estimate of drug-likeness (QED) is 0.377. The highest BCUT2D eigenvalue weighted by Gasteiger charge is 2.35. The van der Waals surface area contributed by atoms with E-state index in [1.807, 2.05) is 43.3 Å². The Labute approximate surface area is 218 Å². The Balaban J connectivity index is 1.71. The van der Waals surface area contributed by atoms with E-state index in [-0.39, 0.29) is 11.7 Å². The van der Waals surface area contributed by atoms with Gasteiger partial charge in [0.2, 0.25) is 21.8 Å². The molecule has 1 aliphatic rings. The van der Waals surface area contributed by atoms with Crippen LogP contribution in [0, 0.1) is 11.8 Å². The predicted octanol–water partition coefficient (Wildman–Crippen LogP) is 3.05. The third-order valence-electron chi connectivity index (χ3n) is 6.81. The zero-order valence-corrected chi connectivity index (χ0v) is 22.9. The van der Waals surface area contributed by atoms with Crippen molar-refractivity contribution in [2.24, 2.45) is 17.6 Å². The lowest BCUT2D eigenvalue weighted by molar-refractivity contribution is 0.204. The van der Waals surface area contributed by atoms with Gasteiger partial charge in [0.1, 0.15) is 11.6 Å². The summed E-state index contributed by atoms with van der Waals surface area (Å²) >= 11 is 0. The molecule has 3 aromatic rings. The highest BCUT2D eigenvalue weighted by atomic mass is 32.2. The van der Waals surface area contributed by atoms with Crippen molar-refractivity contribution in [2.75, 3.05) is 49.3 Å². The van der Waals surface area contributed by atoms with Crippen molar-refractivity contribution >= 4 is 21.7 Å². The molecule has 0 bridgehead atoms. The largest absolute Gasteiger partial charge is 0.419 e. The number of rotatable bonds is 12. The van der Waals surface area contributed by atoms with Crippen molar-refractivity contribution in [1.82, 2.24) is 15.2 Å². The molecule has 2 aromatic heterocycles. The van der Waals surface area contributed by atoms with Crippen molar-refractivity contribution < 1.29 is 17.6 Å². The fourth-order valence-electron chi connectivity index (χ4n) is 4.22. The van der Waals surface area contributed by atoms with Gasteiger partial charge in [0.05, 0.1) is 18.4 Å². The van der Waals surface area contributed by atoms with Gasteiger partial charge >= 0.3 is 0 Å². The van der Waals surface area contributed by atoms with Crippen molar-refractivity contribution in [3.8, 4) is 11.5 Å². The van der Waals surface area contributed by atoms with Crippen LogP contribution in [0.25, 0.3) is 11.5 Å². The van der Waals surface area contributed by atoms with Gasteiger partial charge in [-0.3, -0.25) is 4.31 Å². The molecule has 200 valence electrons. The van der Waals surface area contributed by atoms with Gasteiger partial charge in [-0.1, -0.05) is 37.3 Å². The van der Waals surface area contributed by atoms with E-state index in [4.69, 9.17) is 19.9 Å². The van der Waals surface area contributed by atoms with Crippen molar-refractivity contribution in [2.45, 2.75) is 32.2 Å². The summed E-state index contributed by atoms with van der Waals surface area (Å²) in [4.78, 5) is 6.82. The fourth-order valence-corrected chi connectivity index (χ4v) is 4.66. The monoisotopic (exact) mass is 528 g/mol. The first-order valence-electron chi connectivity index (χ1n) is 12.3. The van der Waals surface area contributed by atoms with E-state index in [0.29, 0.717) is 48.7 Å². The molecule has 1 aromatic carbocycles. The molecule has 0 amide bonds. The Bertz CT molecular complexity index is 1310. The van der Waals surface area contributed by atoms with Crippen LogP contribution in [0.3, 0.4) is 0 Å². The first-order valence-corrected chi connectivity index (χ1v) is 14.2. The molecule has 0 saturated heterocycles. The molecule has 0 spiro atoms. The smallest absolute Gasteiger partial charge is 0.248 e. The maximum Gasteiger partial charge on any atom is 0.248 e.